The highest BCUT2D eigenvalue weighted by Gasteiger charge is 2.22. The van der Waals surface area contributed by atoms with E-state index in [9.17, 15) is 24.0 Å². The zero-order valence-corrected chi connectivity index (χ0v) is 15.6. The molecule has 1 aromatic rings. The molecule has 10 nitrogen and oxygen atoms in total. The number of rotatable bonds is 11. The van der Waals surface area contributed by atoms with Crippen LogP contribution in [-0.4, -0.2) is 61.6 Å². The van der Waals surface area contributed by atoms with E-state index in [-0.39, 0.29) is 38.4 Å². The maximum absolute atomic E-state index is 12.4. The Kier molecular flexibility index (Phi) is 9.90. The van der Waals surface area contributed by atoms with Crippen molar-refractivity contribution in [1.29, 1.82) is 0 Å². The van der Waals surface area contributed by atoms with Crippen molar-refractivity contribution in [2.24, 2.45) is 5.73 Å². The molecule has 0 radical (unpaired) electrons. The Balaban J connectivity index is 2.66. The molecular weight excluding hydrogens is 366 g/mol. The molecule has 1 rings (SSSR count). The number of nitrogens with two attached hydrogens (primary N) is 1. The lowest BCUT2D eigenvalue weighted by atomic mass is 10.1. The third-order valence-electron chi connectivity index (χ3n) is 3.52. The highest BCUT2D eigenvalue weighted by Crippen LogP contribution is 2.03. The summed E-state index contributed by atoms with van der Waals surface area (Å²) in [6.45, 7) is 0.287. The summed E-state index contributed by atoms with van der Waals surface area (Å²) in [5.41, 5.74) is 5.96. The van der Waals surface area contributed by atoms with Gasteiger partial charge in [-0.2, -0.15) is 0 Å². The zero-order chi connectivity index (χ0) is 20.9. The summed E-state index contributed by atoms with van der Waals surface area (Å²) in [4.78, 5) is 58.1. The number of carbonyl (C=O) groups excluding carboxylic acids is 5. The van der Waals surface area contributed by atoms with Gasteiger partial charge in [0.1, 0.15) is 11.8 Å². The maximum atomic E-state index is 12.4. The van der Waals surface area contributed by atoms with E-state index in [1.807, 2.05) is 6.07 Å². The number of benzene rings is 1. The van der Waals surface area contributed by atoms with Gasteiger partial charge >= 0.3 is 0 Å². The van der Waals surface area contributed by atoms with E-state index in [0.717, 1.165) is 5.56 Å². The van der Waals surface area contributed by atoms with Crippen LogP contribution < -0.4 is 27.0 Å². The van der Waals surface area contributed by atoms with Gasteiger partial charge in [-0.25, -0.2) is 0 Å². The Labute approximate surface area is 162 Å². The van der Waals surface area contributed by atoms with Gasteiger partial charge in [0.25, 0.3) is 0 Å². The fraction of sp³-hybridized carbons (Fsp3) is 0.389. The average molecular weight is 391 g/mol. The average Bonchev–Trinajstić information content (AvgIpc) is 2.68. The van der Waals surface area contributed by atoms with Crippen LogP contribution in [0, 0.1) is 0 Å². The number of hydrogen-bond acceptors (Lipinski definition) is 6. The van der Waals surface area contributed by atoms with Gasteiger partial charge in [-0.05, 0) is 12.5 Å². The van der Waals surface area contributed by atoms with Crippen LogP contribution in [0.1, 0.15) is 12.5 Å². The largest absolute Gasteiger partial charge is 0.348 e. The highest BCUT2D eigenvalue weighted by atomic mass is 16.2. The fourth-order valence-electron chi connectivity index (χ4n) is 2.13. The molecule has 0 unspecified atom stereocenters. The third-order valence-corrected chi connectivity index (χ3v) is 3.52. The molecule has 0 saturated heterocycles. The minimum atomic E-state index is -0.953. The molecule has 28 heavy (non-hydrogen) atoms. The molecule has 0 aliphatic carbocycles. The van der Waals surface area contributed by atoms with Crippen LogP contribution in [0.25, 0.3) is 0 Å². The highest BCUT2D eigenvalue weighted by molar-refractivity contribution is 5.93. The van der Waals surface area contributed by atoms with Gasteiger partial charge in [0.2, 0.25) is 23.6 Å². The van der Waals surface area contributed by atoms with E-state index in [2.05, 4.69) is 21.3 Å². The molecule has 10 heteroatoms. The van der Waals surface area contributed by atoms with Crippen LogP contribution in [0.3, 0.4) is 0 Å². The van der Waals surface area contributed by atoms with Gasteiger partial charge in [-0.3, -0.25) is 24.0 Å². The van der Waals surface area contributed by atoms with Crippen molar-refractivity contribution in [3.05, 3.63) is 35.9 Å². The Hall–Kier alpha value is -3.27. The number of Topliss-reactive ketones (excluding diaryl/α,β-unsaturated/α-hetero) is 1. The van der Waals surface area contributed by atoms with Crippen LogP contribution in [-0.2, 0) is 30.4 Å². The standard InChI is InChI=1S/C18H25N5O5/c1-12(24)9-20-16(26)10-22-18(28)14(7-13-5-3-2-4-6-13)23-17(27)11-21-15(25)8-19/h2-6,14H,7-11,19H2,1H3,(H,20,26)(H,21,25)(H,22,28)(H,23,27)/t14-/m0/s1. The lowest BCUT2D eigenvalue weighted by Gasteiger charge is -2.19. The van der Waals surface area contributed by atoms with Gasteiger partial charge in [0, 0.05) is 6.42 Å². The van der Waals surface area contributed by atoms with Gasteiger partial charge in [-0.15, -0.1) is 0 Å². The van der Waals surface area contributed by atoms with Gasteiger partial charge in [0.15, 0.2) is 0 Å². The predicted molar refractivity (Wildman–Crippen MR) is 101 cm³/mol. The number of nitrogens with one attached hydrogen (secondary N) is 4. The van der Waals surface area contributed by atoms with E-state index in [1.165, 1.54) is 6.92 Å². The monoisotopic (exact) mass is 391 g/mol. The van der Waals surface area contributed by atoms with Crippen molar-refractivity contribution in [1.82, 2.24) is 21.3 Å². The molecule has 0 saturated carbocycles. The summed E-state index contributed by atoms with van der Waals surface area (Å²) in [6, 6.07) is 8.04. The summed E-state index contributed by atoms with van der Waals surface area (Å²) in [5.74, 6) is -2.38. The van der Waals surface area contributed by atoms with Crippen LogP contribution in [0.2, 0.25) is 0 Å². The molecule has 0 aliphatic heterocycles. The van der Waals surface area contributed by atoms with Crippen molar-refractivity contribution < 1.29 is 24.0 Å². The predicted octanol–water partition coefficient (Wildman–Crippen LogP) is -2.39. The second-order valence-corrected chi connectivity index (χ2v) is 5.99. The van der Waals surface area contributed by atoms with E-state index in [0.29, 0.717) is 0 Å². The van der Waals surface area contributed by atoms with Crippen molar-refractivity contribution in [2.75, 3.05) is 26.2 Å². The van der Waals surface area contributed by atoms with Crippen molar-refractivity contribution in [3.8, 4) is 0 Å². The molecule has 6 N–H and O–H groups in total. The molecular formula is C18H25N5O5. The van der Waals surface area contributed by atoms with E-state index >= 15 is 0 Å². The summed E-state index contributed by atoms with van der Waals surface area (Å²) in [5, 5.41) is 9.62. The van der Waals surface area contributed by atoms with Gasteiger partial charge in [-0.1, -0.05) is 30.3 Å². The molecule has 0 bridgehead atoms. The normalized spacial score (nSPS) is 11.1. The van der Waals surface area contributed by atoms with Crippen LogP contribution in [0.5, 0.6) is 0 Å². The van der Waals surface area contributed by atoms with E-state index in [4.69, 9.17) is 5.73 Å². The van der Waals surface area contributed by atoms with Gasteiger partial charge in [0.05, 0.1) is 26.2 Å². The first-order valence-electron chi connectivity index (χ1n) is 8.65. The lowest BCUT2D eigenvalue weighted by molar-refractivity contribution is -0.131. The Morgan fingerprint density at radius 2 is 1.46 bits per heavy atom. The molecule has 1 atom stereocenters. The van der Waals surface area contributed by atoms with E-state index < -0.39 is 29.7 Å². The fourth-order valence-corrected chi connectivity index (χ4v) is 2.13. The van der Waals surface area contributed by atoms with E-state index in [1.54, 1.807) is 24.3 Å². The Morgan fingerprint density at radius 3 is 2.07 bits per heavy atom. The van der Waals surface area contributed by atoms with Crippen molar-refractivity contribution in [3.63, 3.8) is 0 Å². The number of hydrogen-bond donors (Lipinski definition) is 5. The Bertz CT molecular complexity index is 708. The molecule has 0 aromatic heterocycles. The minimum absolute atomic E-state index is 0.125. The smallest absolute Gasteiger partial charge is 0.243 e. The summed E-state index contributed by atoms with van der Waals surface area (Å²) < 4.78 is 0. The summed E-state index contributed by atoms with van der Waals surface area (Å²) >= 11 is 0. The van der Waals surface area contributed by atoms with Crippen LogP contribution >= 0.6 is 0 Å². The first-order valence-corrected chi connectivity index (χ1v) is 8.65. The molecule has 4 amide bonds. The van der Waals surface area contributed by atoms with Crippen LogP contribution in [0.15, 0.2) is 30.3 Å². The number of ketones is 1. The number of amides is 4. The summed E-state index contributed by atoms with van der Waals surface area (Å²) in [6.07, 6.45) is 0.193. The molecule has 0 fully saturated rings. The second kappa shape index (κ2) is 12.2. The van der Waals surface area contributed by atoms with Gasteiger partial charge < -0.3 is 27.0 Å². The Morgan fingerprint density at radius 1 is 0.857 bits per heavy atom. The molecule has 1 aromatic carbocycles. The zero-order valence-electron chi connectivity index (χ0n) is 15.6. The topological polar surface area (TPSA) is 159 Å². The SMILES string of the molecule is CC(=O)CNC(=O)CNC(=O)[C@H](Cc1ccccc1)NC(=O)CNC(=O)CN. The molecule has 0 heterocycles. The third kappa shape index (κ3) is 9.43. The first-order chi connectivity index (χ1) is 13.3. The number of carbonyl (C=O) groups is 5. The van der Waals surface area contributed by atoms with Crippen LogP contribution in [0.4, 0.5) is 0 Å². The lowest BCUT2D eigenvalue weighted by Crippen LogP contribution is -2.52. The molecule has 0 spiro atoms. The molecule has 0 aliphatic rings. The van der Waals surface area contributed by atoms with Crippen molar-refractivity contribution in [2.45, 2.75) is 19.4 Å². The maximum Gasteiger partial charge on any atom is 0.243 e. The molecule has 152 valence electrons. The second-order valence-electron chi connectivity index (χ2n) is 5.99. The minimum Gasteiger partial charge on any atom is -0.348 e. The van der Waals surface area contributed by atoms with Crippen molar-refractivity contribution >= 4 is 29.4 Å². The first kappa shape index (κ1) is 22.8. The summed E-state index contributed by atoms with van der Waals surface area (Å²) in [7, 11) is 0. The quantitative estimate of drug-likeness (QED) is 0.283.